The Morgan fingerprint density at radius 1 is 1.19 bits per heavy atom. The van der Waals surface area contributed by atoms with Gasteiger partial charge in [0.05, 0.1) is 18.4 Å². The van der Waals surface area contributed by atoms with E-state index in [2.05, 4.69) is 20.8 Å². The molecule has 27 heavy (non-hydrogen) atoms. The molecule has 1 aliphatic heterocycles. The lowest BCUT2D eigenvalue weighted by molar-refractivity contribution is 0.0277. The number of carbonyl (C=O) groups excluding carboxylic acids is 1. The molecular formula is C20H19ClN4O2. The molecule has 3 N–H and O–H groups in total. The third-order valence-electron chi connectivity index (χ3n) is 4.41. The number of carbonyl (C=O) groups is 1. The summed E-state index contributed by atoms with van der Waals surface area (Å²) in [5.74, 6) is -0.251. The summed E-state index contributed by atoms with van der Waals surface area (Å²) in [5, 5.41) is 13.8. The average Bonchev–Trinajstić information content (AvgIpc) is 3.20. The number of amides is 1. The molecule has 138 valence electrons. The van der Waals surface area contributed by atoms with Crippen LogP contribution in [0, 0.1) is 0 Å². The number of nitrogens with zero attached hydrogens (tertiary/aromatic N) is 1. The van der Waals surface area contributed by atoms with Crippen LogP contribution in [0.5, 0.6) is 0 Å². The zero-order valence-corrected chi connectivity index (χ0v) is 15.3. The van der Waals surface area contributed by atoms with Crippen LogP contribution in [0.4, 0.5) is 5.69 Å². The maximum atomic E-state index is 12.5. The third kappa shape index (κ3) is 4.19. The number of rotatable bonds is 4. The Morgan fingerprint density at radius 3 is 2.78 bits per heavy atom. The highest BCUT2D eigenvalue weighted by atomic mass is 35.5. The number of H-pyrrole nitrogens is 1. The first kappa shape index (κ1) is 17.7. The van der Waals surface area contributed by atoms with Gasteiger partial charge in [-0.1, -0.05) is 35.9 Å². The molecule has 0 saturated carbocycles. The first-order valence-corrected chi connectivity index (χ1v) is 9.12. The van der Waals surface area contributed by atoms with Crippen LogP contribution in [0.25, 0.3) is 11.3 Å². The van der Waals surface area contributed by atoms with Crippen molar-refractivity contribution >= 4 is 23.2 Å². The third-order valence-corrected chi connectivity index (χ3v) is 4.65. The van der Waals surface area contributed by atoms with E-state index in [-0.39, 0.29) is 12.0 Å². The molecule has 1 amide bonds. The molecule has 2 aromatic carbocycles. The van der Waals surface area contributed by atoms with E-state index in [1.54, 1.807) is 18.2 Å². The number of ether oxygens (including phenoxy) is 1. The minimum absolute atomic E-state index is 0.0522. The van der Waals surface area contributed by atoms with Gasteiger partial charge in [-0.15, -0.1) is 0 Å². The van der Waals surface area contributed by atoms with E-state index in [1.807, 2.05) is 36.4 Å². The molecule has 1 atom stereocenters. The fraction of sp³-hybridized carbons (Fsp3) is 0.200. The molecule has 0 unspecified atom stereocenters. The second kappa shape index (κ2) is 7.92. The molecule has 6 nitrogen and oxygen atoms in total. The Bertz CT molecular complexity index is 933. The molecule has 0 bridgehead atoms. The van der Waals surface area contributed by atoms with Crippen LogP contribution in [-0.2, 0) is 4.74 Å². The predicted octanol–water partition coefficient (Wildman–Crippen LogP) is 3.64. The first-order chi connectivity index (χ1) is 13.2. The van der Waals surface area contributed by atoms with E-state index in [0.717, 1.165) is 24.2 Å². The van der Waals surface area contributed by atoms with Crippen molar-refractivity contribution in [2.75, 3.05) is 25.0 Å². The zero-order valence-electron chi connectivity index (χ0n) is 14.5. The van der Waals surface area contributed by atoms with E-state index in [1.165, 1.54) is 0 Å². The largest absolute Gasteiger partial charge is 0.371 e. The molecule has 7 heteroatoms. The molecule has 0 radical (unpaired) electrons. The number of morpholine rings is 1. The minimum Gasteiger partial charge on any atom is -0.371 e. The van der Waals surface area contributed by atoms with E-state index in [0.29, 0.717) is 28.7 Å². The lowest BCUT2D eigenvalue weighted by atomic mass is 10.1. The standard InChI is InChI=1S/C20H19ClN4O2/c21-15-3-1-2-14(10-15)17-11-18(25-24-17)20(26)23-16-6-4-13(5-7-16)19-12-22-8-9-27-19/h1-7,10-11,19,22H,8-9,12H2,(H,23,26)(H,24,25)/t19-/m1/s1. The number of hydrogen-bond acceptors (Lipinski definition) is 4. The first-order valence-electron chi connectivity index (χ1n) is 8.74. The van der Waals surface area contributed by atoms with Crippen molar-refractivity contribution in [2.24, 2.45) is 0 Å². The average molecular weight is 383 g/mol. The summed E-state index contributed by atoms with van der Waals surface area (Å²) in [6.45, 7) is 2.38. The number of aromatic nitrogens is 2. The smallest absolute Gasteiger partial charge is 0.273 e. The van der Waals surface area contributed by atoms with Gasteiger partial charge in [-0.25, -0.2) is 0 Å². The minimum atomic E-state index is -0.251. The number of aromatic amines is 1. The molecular weight excluding hydrogens is 364 g/mol. The SMILES string of the molecule is O=C(Nc1ccc([C@H]2CNCCO2)cc1)c1cc(-c2cccc(Cl)c2)n[nH]1. The Morgan fingerprint density at radius 2 is 2.04 bits per heavy atom. The van der Waals surface area contributed by atoms with Crippen molar-refractivity contribution in [1.29, 1.82) is 0 Å². The lowest BCUT2D eigenvalue weighted by Gasteiger charge is -2.24. The van der Waals surface area contributed by atoms with Gasteiger partial charge in [0.25, 0.3) is 5.91 Å². The summed E-state index contributed by atoms with van der Waals surface area (Å²) in [4.78, 5) is 12.5. The van der Waals surface area contributed by atoms with Gasteiger partial charge >= 0.3 is 0 Å². The molecule has 1 aliphatic rings. The van der Waals surface area contributed by atoms with Crippen molar-refractivity contribution < 1.29 is 9.53 Å². The van der Waals surface area contributed by atoms with E-state index < -0.39 is 0 Å². The summed E-state index contributed by atoms with van der Waals surface area (Å²) in [6, 6.07) is 16.7. The summed E-state index contributed by atoms with van der Waals surface area (Å²) >= 11 is 6.01. The zero-order chi connectivity index (χ0) is 18.6. The Hall–Kier alpha value is -2.67. The van der Waals surface area contributed by atoms with Gasteiger partial charge in [-0.3, -0.25) is 9.89 Å². The van der Waals surface area contributed by atoms with Gasteiger partial charge in [-0.2, -0.15) is 5.10 Å². The number of benzene rings is 2. The monoisotopic (exact) mass is 382 g/mol. The number of hydrogen-bond donors (Lipinski definition) is 3. The van der Waals surface area contributed by atoms with Crippen LogP contribution >= 0.6 is 11.6 Å². The summed E-state index contributed by atoms with van der Waals surface area (Å²) in [6.07, 6.45) is 0.0522. The maximum absolute atomic E-state index is 12.5. The molecule has 2 heterocycles. The van der Waals surface area contributed by atoms with Crippen molar-refractivity contribution in [2.45, 2.75) is 6.10 Å². The highest BCUT2D eigenvalue weighted by molar-refractivity contribution is 6.30. The van der Waals surface area contributed by atoms with Crippen molar-refractivity contribution in [3.05, 3.63) is 70.9 Å². The van der Waals surface area contributed by atoms with Crippen LogP contribution in [0.2, 0.25) is 5.02 Å². The fourth-order valence-electron chi connectivity index (χ4n) is 2.99. The fourth-order valence-corrected chi connectivity index (χ4v) is 3.18. The molecule has 0 aliphatic carbocycles. The molecule has 1 aromatic heterocycles. The van der Waals surface area contributed by atoms with Crippen molar-refractivity contribution in [3.63, 3.8) is 0 Å². The molecule has 1 fully saturated rings. The van der Waals surface area contributed by atoms with Crippen molar-refractivity contribution in [1.82, 2.24) is 15.5 Å². The molecule has 3 aromatic rings. The number of nitrogens with one attached hydrogen (secondary N) is 3. The van der Waals surface area contributed by atoms with Crippen LogP contribution in [0.1, 0.15) is 22.2 Å². The van der Waals surface area contributed by atoms with Gasteiger partial charge in [0.15, 0.2) is 0 Å². The highest BCUT2D eigenvalue weighted by Crippen LogP contribution is 2.23. The normalized spacial score (nSPS) is 16.9. The van der Waals surface area contributed by atoms with Crippen LogP contribution in [-0.4, -0.2) is 35.8 Å². The molecule has 4 rings (SSSR count). The Balaban J connectivity index is 1.43. The second-order valence-corrected chi connectivity index (χ2v) is 6.75. The predicted molar refractivity (Wildman–Crippen MR) is 105 cm³/mol. The highest BCUT2D eigenvalue weighted by Gasteiger charge is 2.16. The van der Waals surface area contributed by atoms with E-state index >= 15 is 0 Å². The van der Waals surface area contributed by atoms with Gasteiger partial charge in [0, 0.05) is 29.4 Å². The summed E-state index contributed by atoms with van der Waals surface area (Å²) in [5.41, 5.74) is 3.70. The summed E-state index contributed by atoms with van der Waals surface area (Å²) in [7, 11) is 0. The second-order valence-electron chi connectivity index (χ2n) is 6.32. The Labute approximate surface area is 161 Å². The van der Waals surface area contributed by atoms with Crippen molar-refractivity contribution in [3.8, 4) is 11.3 Å². The number of halogens is 1. The van der Waals surface area contributed by atoms with Crippen LogP contribution in [0.3, 0.4) is 0 Å². The maximum Gasteiger partial charge on any atom is 0.273 e. The lowest BCUT2D eigenvalue weighted by Crippen LogP contribution is -2.33. The molecule has 1 saturated heterocycles. The van der Waals surface area contributed by atoms with E-state index in [4.69, 9.17) is 16.3 Å². The van der Waals surface area contributed by atoms with Gasteiger partial charge < -0.3 is 15.4 Å². The number of anilines is 1. The van der Waals surface area contributed by atoms with Crippen LogP contribution in [0.15, 0.2) is 54.6 Å². The summed E-state index contributed by atoms with van der Waals surface area (Å²) < 4.78 is 5.73. The quantitative estimate of drug-likeness (QED) is 0.643. The Kier molecular flexibility index (Phi) is 5.20. The van der Waals surface area contributed by atoms with Crippen LogP contribution < -0.4 is 10.6 Å². The topological polar surface area (TPSA) is 79.0 Å². The van der Waals surface area contributed by atoms with Gasteiger partial charge in [0.2, 0.25) is 0 Å². The van der Waals surface area contributed by atoms with Gasteiger partial charge in [0.1, 0.15) is 5.69 Å². The van der Waals surface area contributed by atoms with Gasteiger partial charge in [-0.05, 0) is 35.9 Å². The van der Waals surface area contributed by atoms with E-state index in [9.17, 15) is 4.79 Å². The molecule has 0 spiro atoms.